The van der Waals surface area contributed by atoms with Crippen molar-refractivity contribution in [1.82, 2.24) is 9.99 Å². The van der Waals surface area contributed by atoms with E-state index in [9.17, 15) is 4.79 Å². The predicted octanol–water partition coefficient (Wildman–Crippen LogP) is 4.10. The molecule has 0 bridgehead atoms. The third-order valence-electron chi connectivity index (χ3n) is 6.70. The summed E-state index contributed by atoms with van der Waals surface area (Å²) in [6.45, 7) is 6.84. The first kappa shape index (κ1) is 17.7. The van der Waals surface area contributed by atoms with Crippen molar-refractivity contribution in [1.29, 1.82) is 0 Å². The van der Waals surface area contributed by atoms with Crippen LogP contribution in [0.25, 0.3) is 0 Å². The van der Waals surface area contributed by atoms with E-state index in [-0.39, 0.29) is 11.8 Å². The average molecular weight is 377 g/mol. The van der Waals surface area contributed by atoms with Gasteiger partial charge in [0.15, 0.2) is 0 Å². The lowest BCUT2D eigenvalue weighted by atomic mass is 9.94. The average Bonchev–Trinajstić information content (AvgIpc) is 3.26. The summed E-state index contributed by atoms with van der Waals surface area (Å²) in [7, 11) is 0. The maximum absolute atomic E-state index is 13.0. The minimum Gasteiger partial charge on any atom is -0.307 e. The lowest BCUT2D eigenvalue weighted by Gasteiger charge is -2.32. The molecule has 28 heavy (non-hydrogen) atoms. The van der Waals surface area contributed by atoms with Crippen molar-refractivity contribution in [3.63, 3.8) is 0 Å². The maximum Gasteiger partial charge on any atom is 0.236 e. The number of benzene rings is 1. The van der Waals surface area contributed by atoms with Crippen molar-refractivity contribution >= 4 is 17.4 Å². The summed E-state index contributed by atoms with van der Waals surface area (Å²) in [5.41, 5.74) is 7.68. The molecule has 2 aliphatic heterocycles. The zero-order valence-corrected chi connectivity index (χ0v) is 16.7. The summed E-state index contributed by atoms with van der Waals surface area (Å²) in [4.78, 5) is 19.8. The van der Waals surface area contributed by atoms with Crippen LogP contribution in [0.1, 0.15) is 48.9 Å². The molecule has 2 fully saturated rings. The lowest BCUT2D eigenvalue weighted by Crippen LogP contribution is -2.39. The van der Waals surface area contributed by atoms with Crippen LogP contribution in [0.2, 0.25) is 0 Å². The van der Waals surface area contributed by atoms with Crippen LogP contribution in [0.4, 0.5) is 11.5 Å². The summed E-state index contributed by atoms with van der Waals surface area (Å²) in [5, 5.41) is 2.32. The highest BCUT2D eigenvalue weighted by molar-refractivity contribution is 5.99. The topological polar surface area (TPSA) is 48.5 Å². The molecule has 1 N–H and O–H groups in total. The normalized spacial score (nSPS) is 27.0. The molecule has 3 heterocycles. The van der Waals surface area contributed by atoms with Crippen molar-refractivity contribution in [2.45, 2.75) is 45.6 Å². The van der Waals surface area contributed by atoms with Gasteiger partial charge in [0.2, 0.25) is 5.91 Å². The van der Waals surface area contributed by atoms with E-state index in [1.807, 2.05) is 24.0 Å². The van der Waals surface area contributed by atoms with Gasteiger partial charge in [0, 0.05) is 18.8 Å². The second kappa shape index (κ2) is 6.89. The molecule has 1 saturated heterocycles. The number of pyridine rings is 1. The van der Waals surface area contributed by atoms with Crippen LogP contribution in [0.5, 0.6) is 0 Å². The molecule has 146 valence electrons. The fraction of sp³-hybridized carbons (Fsp3) is 0.478. The quantitative estimate of drug-likeness (QED) is 0.876. The van der Waals surface area contributed by atoms with Gasteiger partial charge in [-0.3, -0.25) is 4.79 Å². The van der Waals surface area contributed by atoms with Crippen LogP contribution in [0, 0.1) is 18.8 Å². The molecule has 2 aromatic rings. The summed E-state index contributed by atoms with van der Waals surface area (Å²) in [6, 6.07) is 12.3. The molecular formula is C23H28N4O. The molecule has 5 heteroatoms. The zero-order valence-electron chi connectivity index (χ0n) is 16.7. The van der Waals surface area contributed by atoms with Crippen LogP contribution >= 0.6 is 0 Å². The molecule has 5 rings (SSSR count). The number of fused-ring (bicyclic) bond motifs is 2. The number of hydrazine groups is 1. The summed E-state index contributed by atoms with van der Waals surface area (Å²) >= 11 is 0. The third-order valence-corrected chi connectivity index (χ3v) is 6.70. The Balaban J connectivity index is 1.36. The first-order valence-electron chi connectivity index (χ1n) is 10.5. The number of nitrogens with one attached hydrogen (secondary N) is 1. The van der Waals surface area contributed by atoms with Crippen LogP contribution in [-0.2, 0) is 11.3 Å². The second-order valence-electron chi connectivity index (χ2n) is 8.69. The summed E-state index contributed by atoms with van der Waals surface area (Å²) in [6.07, 6.45) is 4.11. The lowest BCUT2D eigenvalue weighted by molar-refractivity contribution is -0.120. The molecule has 1 aromatic carbocycles. The largest absolute Gasteiger partial charge is 0.307 e. The Morgan fingerprint density at radius 3 is 2.64 bits per heavy atom. The standard InChI is InChI=1S/C23H28N4O/c1-15-5-3-8-20(11-15)27-14-19-9-10-21(24-22(19)16(2)23(27)28)25-26-12-17-6-4-7-18(17)13-26/h3,5,8-11,16-18H,4,6-7,12-14H2,1-2H3,(H,24,25). The number of aromatic nitrogens is 1. The van der Waals surface area contributed by atoms with E-state index >= 15 is 0 Å². The number of amides is 1. The minimum atomic E-state index is -0.232. The van der Waals surface area contributed by atoms with Gasteiger partial charge in [-0.15, -0.1) is 0 Å². The van der Waals surface area contributed by atoms with Crippen LogP contribution in [0.3, 0.4) is 0 Å². The van der Waals surface area contributed by atoms with E-state index in [0.29, 0.717) is 6.54 Å². The van der Waals surface area contributed by atoms with Crippen molar-refractivity contribution < 1.29 is 4.79 Å². The third kappa shape index (κ3) is 3.08. The molecule has 5 nitrogen and oxygen atoms in total. The molecule has 0 radical (unpaired) electrons. The van der Waals surface area contributed by atoms with Crippen molar-refractivity contribution in [3.05, 3.63) is 53.2 Å². The summed E-state index contributed by atoms with van der Waals surface area (Å²) in [5.74, 6) is 2.44. The summed E-state index contributed by atoms with van der Waals surface area (Å²) < 4.78 is 0. The molecule has 1 saturated carbocycles. The first-order valence-corrected chi connectivity index (χ1v) is 10.5. The van der Waals surface area contributed by atoms with Gasteiger partial charge in [-0.25, -0.2) is 9.99 Å². The number of hydrogen-bond donors (Lipinski definition) is 1. The van der Waals surface area contributed by atoms with E-state index in [1.165, 1.54) is 19.3 Å². The Hall–Kier alpha value is -2.40. The van der Waals surface area contributed by atoms with Crippen LogP contribution in [-0.4, -0.2) is 29.0 Å². The number of rotatable bonds is 3. The Morgan fingerprint density at radius 2 is 1.89 bits per heavy atom. The van der Waals surface area contributed by atoms with Gasteiger partial charge in [-0.2, -0.15) is 0 Å². The van der Waals surface area contributed by atoms with Gasteiger partial charge < -0.3 is 10.3 Å². The maximum atomic E-state index is 13.0. The Morgan fingerprint density at radius 1 is 1.11 bits per heavy atom. The van der Waals surface area contributed by atoms with E-state index < -0.39 is 0 Å². The molecule has 1 amide bonds. The van der Waals surface area contributed by atoms with Gasteiger partial charge >= 0.3 is 0 Å². The van der Waals surface area contributed by atoms with Crippen molar-refractivity contribution in [2.75, 3.05) is 23.4 Å². The van der Waals surface area contributed by atoms with Gasteiger partial charge in [0.25, 0.3) is 0 Å². The van der Waals surface area contributed by atoms with Gasteiger partial charge in [-0.1, -0.05) is 24.6 Å². The highest BCUT2D eigenvalue weighted by atomic mass is 16.2. The SMILES string of the molecule is Cc1cccc(N2Cc3ccc(NN4CC5CCCC5C4)nc3C(C)C2=O)c1. The minimum absolute atomic E-state index is 0.124. The molecule has 3 unspecified atom stereocenters. The molecule has 0 spiro atoms. The monoisotopic (exact) mass is 376 g/mol. The Bertz CT molecular complexity index is 899. The predicted molar refractivity (Wildman–Crippen MR) is 111 cm³/mol. The highest BCUT2D eigenvalue weighted by Crippen LogP contribution is 2.38. The zero-order chi connectivity index (χ0) is 19.3. The van der Waals surface area contributed by atoms with E-state index in [0.717, 1.165) is 53.3 Å². The fourth-order valence-electron chi connectivity index (χ4n) is 5.18. The van der Waals surface area contributed by atoms with Crippen LogP contribution < -0.4 is 10.3 Å². The number of hydrogen-bond acceptors (Lipinski definition) is 4. The Labute approximate surface area is 166 Å². The molecule has 1 aliphatic carbocycles. The van der Waals surface area contributed by atoms with Gasteiger partial charge in [0.1, 0.15) is 5.82 Å². The highest BCUT2D eigenvalue weighted by Gasteiger charge is 2.37. The van der Waals surface area contributed by atoms with E-state index in [4.69, 9.17) is 4.98 Å². The smallest absolute Gasteiger partial charge is 0.236 e. The fourth-order valence-corrected chi connectivity index (χ4v) is 5.18. The Kier molecular flexibility index (Phi) is 4.35. The number of carbonyl (C=O) groups excluding carboxylic acids is 1. The first-order chi connectivity index (χ1) is 13.6. The van der Waals surface area contributed by atoms with Crippen LogP contribution in [0.15, 0.2) is 36.4 Å². The van der Waals surface area contributed by atoms with Crippen molar-refractivity contribution in [3.8, 4) is 0 Å². The molecule has 1 aromatic heterocycles. The van der Waals surface area contributed by atoms with Crippen molar-refractivity contribution in [2.24, 2.45) is 11.8 Å². The van der Waals surface area contributed by atoms with Gasteiger partial charge in [0.05, 0.1) is 18.2 Å². The van der Waals surface area contributed by atoms with E-state index in [1.54, 1.807) is 0 Å². The van der Waals surface area contributed by atoms with Gasteiger partial charge in [-0.05, 0) is 67.9 Å². The molecule has 3 aliphatic rings. The number of anilines is 2. The molecule has 3 atom stereocenters. The number of nitrogens with zero attached hydrogens (tertiary/aromatic N) is 3. The van der Waals surface area contributed by atoms with E-state index in [2.05, 4.69) is 41.6 Å². The second-order valence-corrected chi connectivity index (χ2v) is 8.69. The molecular weight excluding hydrogens is 348 g/mol. The number of carbonyl (C=O) groups is 1. The number of aryl methyl sites for hydroxylation is 1.